The van der Waals surface area contributed by atoms with Crippen molar-refractivity contribution in [2.24, 2.45) is 5.41 Å². The average molecular weight is 322 g/mol. The van der Waals surface area contributed by atoms with Gasteiger partial charge in [0.15, 0.2) is 0 Å². The lowest BCUT2D eigenvalue weighted by molar-refractivity contribution is 0.106. The Morgan fingerprint density at radius 1 is 1.12 bits per heavy atom. The summed E-state index contributed by atoms with van der Waals surface area (Å²) in [6.45, 7) is 9.34. The molecule has 2 atom stereocenters. The molecule has 2 aromatic heterocycles. The first-order valence-corrected chi connectivity index (χ1v) is 8.30. The van der Waals surface area contributed by atoms with Gasteiger partial charge in [0.25, 0.3) is 0 Å². The summed E-state index contributed by atoms with van der Waals surface area (Å²) >= 11 is 0. The second-order valence-electron chi connectivity index (χ2n) is 7.56. The second-order valence-corrected chi connectivity index (χ2v) is 7.56. The number of hydrogen-bond acceptors (Lipinski definition) is 4. The topological polar surface area (TPSA) is 56.1 Å². The first-order chi connectivity index (χ1) is 11.4. The predicted molar refractivity (Wildman–Crippen MR) is 92.8 cm³/mol. The van der Waals surface area contributed by atoms with E-state index in [0.29, 0.717) is 6.61 Å². The number of benzene rings is 1. The van der Waals surface area contributed by atoms with Crippen LogP contribution < -0.4 is 0 Å². The molecule has 0 saturated carbocycles. The molecule has 1 aliphatic rings. The highest BCUT2D eigenvalue weighted by Crippen LogP contribution is 2.53. The van der Waals surface area contributed by atoms with Gasteiger partial charge in [0.05, 0.1) is 17.8 Å². The summed E-state index contributed by atoms with van der Waals surface area (Å²) in [5, 5.41) is 8.81. The molecule has 5 nitrogen and oxygen atoms in total. The van der Waals surface area contributed by atoms with Crippen LogP contribution in [0.4, 0.5) is 0 Å². The number of pyridine rings is 1. The van der Waals surface area contributed by atoms with E-state index in [9.17, 15) is 0 Å². The molecule has 124 valence electrons. The number of aromatic nitrogens is 4. The Balaban J connectivity index is 1.95. The largest absolute Gasteiger partial charge is 0.366 e. The Morgan fingerprint density at radius 2 is 1.88 bits per heavy atom. The zero-order valence-electron chi connectivity index (χ0n) is 14.5. The van der Waals surface area contributed by atoms with Crippen LogP contribution in [0.5, 0.6) is 0 Å². The summed E-state index contributed by atoms with van der Waals surface area (Å²) in [4.78, 5) is 4.79. The third kappa shape index (κ3) is 2.23. The van der Waals surface area contributed by atoms with Crippen LogP contribution >= 0.6 is 0 Å². The highest BCUT2D eigenvalue weighted by atomic mass is 16.6. The van der Waals surface area contributed by atoms with Crippen molar-refractivity contribution in [2.45, 2.75) is 39.3 Å². The van der Waals surface area contributed by atoms with Gasteiger partial charge >= 0.3 is 0 Å². The molecule has 3 heterocycles. The molecular weight excluding hydrogens is 300 g/mol. The Kier molecular flexibility index (Phi) is 3.25. The van der Waals surface area contributed by atoms with Crippen molar-refractivity contribution in [3.8, 4) is 0 Å². The quantitative estimate of drug-likeness (QED) is 0.692. The third-order valence-corrected chi connectivity index (χ3v) is 4.98. The Labute approximate surface area is 141 Å². The highest BCUT2D eigenvalue weighted by molar-refractivity contribution is 5.74. The number of nitrogens with zero attached hydrogens (tertiary/aromatic N) is 4. The van der Waals surface area contributed by atoms with Crippen LogP contribution in [-0.2, 0) is 4.74 Å². The van der Waals surface area contributed by atoms with Crippen LogP contribution in [0, 0.1) is 12.3 Å². The van der Waals surface area contributed by atoms with E-state index >= 15 is 0 Å². The SMILES string of the molecule is Cc1cccc([C@@H](n2nnc3ccccc32)[C@]2(C(C)(C)C)CO2)n1. The molecule has 1 saturated heterocycles. The van der Waals surface area contributed by atoms with Crippen molar-refractivity contribution in [1.29, 1.82) is 0 Å². The molecule has 5 heteroatoms. The smallest absolute Gasteiger partial charge is 0.128 e. The van der Waals surface area contributed by atoms with Gasteiger partial charge in [0.1, 0.15) is 17.2 Å². The minimum absolute atomic E-state index is 0.0455. The fourth-order valence-corrected chi connectivity index (χ4v) is 3.43. The number of epoxide rings is 1. The van der Waals surface area contributed by atoms with Gasteiger partial charge in [-0.05, 0) is 36.6 Å². The average Bonchev–Trinajstić information content (AvgIpc) is 3.24. The van der Waals surface area contributed by atoms with Gasteiger partial charge in [0, 0.05) is 5.69 Å². The second kappa shape index (κ2) is 5.11. The van der Waals surface area contributed by atoms with E-state index in [2.05, 4.69) is 43.2 Å². The summed E-state index contributed by atoms with van der Waals surface area (Å²) in [6, 6.07) is 14.0. The molecule has 0 aliphatic carbocycles. The summed E-state index contributed by atoms with van der Waals surface area (Å²) in [5.74, 6) is 0. The monoisotopic (exact) mass is 322 g/mol. The zero-order chi connectivity index (χ0) is 16.9. The molecule has 1 aliphatic heterocycles. The van der Waals surface area contributed by atoms with Crippen molar-refractivity contribution in [1.82, 2.24) is 20.0 Å². The molecule has 0 N–H and O–H groups in total. The number of ether oxygens (including phenoxy) is 1. The molecule has 0 spiro atoms. The highest BCUT2D eigenvalue weighted by Gasteiger charge is 2.62. The Bertz CT molecular complexity index is 890. The number of aryl methyl sites for hydroxylation is 1. The standard InChI is InChI=1S/C19H22N4O/c1-13-8-7-10-15(20-13)17(19(12-24-19)18(2,3)4)23-16-11-6-5-9-14(16)21-22-23/h5-11,17H,12H2,1-4H3/t17-,19+/m1/s1. The predicted octanol–water partition coefficient (Wildman–Crippen LogP) is 3.54. The fraction of sp³-hybridized carbons (Fsp3) is 0.421. The van der Waals surface area contributed by atoms with E-state index < -0.39 is 0 Å². The van der Waals surface area contributed by atoms with Crippen molar-refractivity contribution < 1.29 is 4.74 Å². The Hall–Kier alpha value is -2.27. The molecule has 24 heavy (non-hydrogen) atoms. The van der Waals surface area contributed by atoms with Gasteiger partial charge in [-0.2, -0.15) is 0 Å². The van der Waals surface area contributed by atoms with E-state index in [1.54, 1.807) is 0 Å². The maximum absolute atomic E-state index is 6.06. The van der Waals surface area contributed by atoms with Gasteiger partial charge in [-0.25, -0.2) is 4.68 Å². The minimum Gasteiger partial charge on any atom is -0.366 e. The maximum Gasteiger partial charge on any atom is 0.128 e. The number of fused-ring (bicyclic) bond motifs is 1. The van der Waals surface area contributed by atoms with Gasteiger partial charge in [0.2, 0.25) is 0 Å². The number of para-hydroxylation sites is 1. The van der Waals surface area contributed by atoms with Crippen LogP contribution in [0.2, 0.25) is 0 Å². The van der Waals surface area contributed by atoms with Crippen molar-refractivity contribution >= 4 is 11.0 Å². The van der Waals surface area contributed by atoms with E-state index in [4.69, 9.17) is 9.72 Å². The molecule has 1 aromatic carbocycles. The zero-order valence-corrected chi connectivity index (χ0v) is 14.5. The number of rotatable bonds is 3. The lowest BCUT2D eigenvalue weighted by atomic mass is 9.75. The summed E-state index contributed by atoms with van der Waals surface area (Å²) in [5.41, 5.74) is 3.48. The fourth-order valence-electron chi connectivity index (χ4n) is 3.43. The van der Waals surface area contributed by atoms with Crippen LogP contribution in [0.25, 0.3) is 11.0 Å². The van der Waals surface area contributed by atoms with Gasteiger partial charge in [-0.3, -0.25) is 4.98 Å². The summed E-state index contributed by atoms with van der Waals surface area (Å²) in [6.07, 6.45) is 0. The molecular formula is C19H22N4O. The lowest BCUT2D eigenvalue weighted by Gasteiger charge is -2.34. The number of hydrogen-bond donors (Lipinski definition) is 0. The molecule has 0 bridgehead atoms. The van der Waals surface area contributed by atoms with E-state index in [1.807, 2.05) is 41.9 Å². The molecule has 0 unspecified atom stereocenters. The van der Waals surface area contributed by atoms with E-state index in [1.165, 1.54) is 0 Å². The van der Waals surface area contributed by atoms with Crippen molar-refractivity contribution in [3.05, 3.63) is 53.9 Å². The van der Waals surface area contributed by atoms with Crippen molar-refractivity contribution in [2.75, 3.05) is 6.61 Å². The van der Waals surface area contributed by atoms with E-state index in [0.717, 1.165) is 22.4 Å². The van der Waals surface area contributed by atoms with E-state index in [-0.39, 0.29) is 17.1 Å². The Morgan fingerprint density at radius 3 is 2.54 bits per heavy atom. The molecule has 4 rings (SSSR count). The first-order valence-electron chi connectivity index (χ1n) is 8.30. The van der Waals surface area contributed by atoms with Crippen LogP contribution in [0.1, 0.15) is 38.2 Å². The molecule has 3 aromatic rings. The van der Waals surface area contributed by atoms with Gasteiger partial charge in [-0.1, -0.05) is 44.2 Å². The molecule has 0 radical (unpaired) electrons. The summed E-state index contributed by atoms with van der Waals surface area (Å²) in [7, 11) is 0. The van der Waals surface area contributed by atoms with Crippen LogP contribution in [-0.4, -0.2) is 32.2 Å². The maximum atomic E-state index is 6.06. The first kappa shape index (κ1) is 15.3. The molecule has 1 fully saturated rings. The normalized spacial score (nSPS) is 21.8. The third-order valence-electron chi connectivity index (χ3n) is 4.98. The minimum atomic E-state index is -0.329. The van der Waals surface area contributed by atoms with Gasteiger partial charge in [-0.15, -0.1) is 5.10 Å². The van der Waals surface area contributed by atoms with Crippen LogP contribution in [0.15, 0.2) is 42.5 Å². The molecule has 0 amide bonds. The lowest BCUT2D eigenvalue weighted by Crippen LogP contribution is -2.41. The van der Waals surface area contributed by atoms with Crippen LogP contribution in [0.3, 0.4) is 0 Å². The summed E-state index contributed by atoms with van der Waals surface area (Å²) < 4.78 is 8.04. The van der Waals surface area contributed by atoms with Gasteiger partial charge < -0.3 is 4.74 Å². The van der Waals surface area contributed by atoms with Crippen molar-refractivity contribution in [3.63, 3.8) is 0 Å².